The van der Waals surface area contributed by atoms with Crippen molar-refractivity contribution in [1.82, 2.24) is 9.97 Å². The topological polar surface area (TPSA) is 317 Å². The molecule has 0 radical (unpaired) electrons. The van der Waals surface area contributed by atoms with Crippen LogP contribution in [0, 0.1) is 13.8 Å². The zero-order valence-corrected chi connectivity index (χ0v) is 24.4. The average Bonchev–Trinajstić information content (AvgIpc) is 3.11. The molecule has 2 aromatic heterocycles. The van der Waals surface area contributed by atoms with Gasteiger partial charge in [-0.3, -0.25) is 9.05 Å². The third-order valence-corrected chi connectivity index (χ3v) is 9.48. The van der Waals surface area contributed by atoms with Crippen LogP contribution in [0.25, 0.3) is 0 Å². The SMILES string of the molecule is Cc1ncc(C[n+]2c([C@](O)(CO)[C@@H](O)[C@H](O)COP(=O)(O)O)sc(CCOP(=O)(O)OP(=O)(O)O)c2C)c(N)n1. The second kappa shape index (κ2) is 13.4. The van der Waals surface area contributed by atoms with Crippen molar-refractivity contribution >= 4 is 40.6 Å². The summed E-state index contributed by atoms with van der Waals surface area (Å²) in [6.07, 6.45) is -3.21. The van der Waals surface area contributed by atoms with E-state index in [-0.39, 0.29) is 23.8 Å². The molecule has 0 aliphatic rings. The van der Waals surface area contributed by atoms with Crippen molar-refractivity contribution in [2.75, 3.05) is 25.6 Å². The molecule has 0 fully saturated rings. The van der Waals surface area contributed by atoms with Crippen LogP contribution >= 0.6 is 34.8 Å². The highest BCUT2D eigenvalue weighted by Crippen LogP contribution is 2.57. The lowest BCUT2D eigenvalue weighted by Gasteiger charge is -2.30. The number of nitrogen functional groups attached to an aromatic ring is 1. The van der Waals surface area contributed by atoms with Gasteiger partial charge >= 0.3 is 23.5 Å². The predicted octanol–water partition coefficient (Wildman–Crippen LogP) is -2.15. The maximum absolute atomic E-state index is 11.8. The second-order valence-electron chi connectivity index (χ2n) is 8.33. The van der Waals surface area contributed by atoms with Crippen LogP contribution < -0.4 is 10.3 Å². The molecule has 0 saturated heterocycles. The number of aliphatic hydroxyl groups is 4. The molecule has 0 aliphatic carbocycles. The quantitative estimate of drug-likeness (QED) is 0.0722. The minimum Gasteiger partial charge on any atom is -0.393 e. The van der Waals surface area contributed by atoms with Gasteiger partial charge in [0.25, 0.3) is 5.01 Å². The van der Waals surface area contributed by atoms with Crippen LogP contribution in [0.2, 0.25) is 0 Å². The molecule has 0 amide bonds. The van der Waals surface area contributed by atoms with Gasteiger partial charge in [0.2, 0.25) is 5.60 Å². The lowest BCUT2D eigenvalue weighted by molar-refractivity contribution is -0.704. The van der Waals surface area contributed by atoms with Gasteiger partial charge in [0, 0.05) is 19.5 Å². The summed E-state index contributed by atoms with van der Waals surface area (Å²) in [7, 11) is -15.6. The number of aryl methyl sites for hydroxylation is 1. The molecule has 40 heavy (non-hydrogen) atoms. The van der Waals surface area contributed by atoms with E-state index in [4.69, 9.17) is 25.3 Å². The van der Waals surface area contributed by atoms with E-state index in [9.17, 15) is 39.0 Å². The Morgan fingerprint density at radius 3 is 2.25 bits per heavy atom. The number of phosphoric ester groups is 2. The maximum atomic E-state index is 11.8. The number of thiazole rings is 1. The van der Waals surface area contributed by atoms with Crippen molar-refractivity contribution in [2.24, 2.45) is 0 Å². The summed E-state index contributed by atoms with van der Waals surface area (Å²) in [6.45, 7) is -0.00698. The molecule has 0 aliphatic heterocycles. The van der Waals surface area contributed by atoms with Gasteiger partial charge in [0.05, 0.1) is 30.3 Å². The van der Waals surface area contributed by atoms with Gasteiger partial charge in [-0.15, -0.1) is 0 Å². The average molecular weight is 655 g/mol. The Morgan fingerprint density at radius 1 is 1.10 bits per heavy atom. The van der Waals surface area contributed by atoms with Crippen molar-refractivity contribution in [3.63, 3.8) is 0 Å². The molecule has 11 N–H and O–H groups in total. The molecule has 0 spiro atoms. The number of anilines is 1. The van der Waals surface area contributed by atoms with Crippen molar-refractivity contribution in [1.29, 1.82) is 0 Å². The van der Waals surface area contributed by atoms with Gasteiger partial charge in [0.15, 0.2) is 12.2 Å². The fraction of sp³-hybridized carbons (Fsp3) is 0.588. The third kappa shape index (κ3) is 9.64. The van der Waals surface area contributed by atoms with Crippen molar-refractivity contribution < 1.29 is 76.5 Å². The Bertz CT molecular complexity index is 1330. The Kier molecular flexibility index (Phi) is 11.7. The Labute approximate surface area is 230 Å². The van der Waals surface area contributed by atoms with Crippen LogP contribution in [0.3, 0.4) is 0 Å². The molecule has 2 rings (SSSR count). The Balaban J connectivity index is 2.49. The van der Waals surface area contributed by atoms with E-state index in [1.54, 1.807) is 6.92 Å². The first-order valence-electron chi connectivity index (χ1n) is 10.9. The van der Waals surface area contributed by atoms with E-state index in [1.807, 2.05) is 0 Å². The smallest absolute Gasteiger partial charge is 0.393 e. The summed E-state index contributed by atoms with van der Waals surface area (Å²) < 4.78 is 47.5. The number of aromatic nitrogens is 3. The molecule has 2 heterocycles. The summed E-state index contributed by atoms with van der Waals surface area (Å²) in [6, 6.07) is 0. The van der Waals surface area contributed by atoms with Crippen LogP contribution in [0.15, 0.2) is 6.20 Å². The van der Waals surface area contributed by atoms with Crippen molar-refractivity contribution in [3.8, 4) is 0 Å². The van der Waals surface area contributed by atoms with Gasteiger partial charge < -0.3 is 50.6 Å². The van der Waals surface area contributed by atoms with E-state index >= 15 is 0 Å². The number of nitrogens with two attached hydrogens (primary N) is 1. The molecule has 0 bridgehead atoms. The van der Waals surface area contributed by atoms with Crippen LogP contribution in [-0.2, 0) is 45.6 Å². The van der Waals surface area contributed by atoms with Crippen molar-refractivity contribution in [3.05, 3.63) is 33.2 Å². The standard InChI is InChI=1S/C17H29N4O15P3S/c1-9-13(3-4-34-39(32,33)36-38(29,30)31)40-16(21(9)6-11-5-19-10(2)20-15(11)18)17(25,8-22)14(24)12(23)7-35-37(26,27)28/h5,12,14,22-25H,3-4,6-8H2,1-2H3,(H6-,18,19,20,26,27,28,29,30,31,32,33)/p+1/t12-,14+,17+/m1/s1. The van der Waals surface area contributed by atoms with E-state index < -0.39 is 61.1 Å². The zero-order chi connectivity index (χ0) is 30.7. The van der Waals surface area contributed by atoms with E-state index in [0.29, 0.717) is 22.0 Å². The third-order valence-electron chi connectivity index (χ3n) is 5.29. The van der Waals surface area contributed by atoms with Crippen LogP contribution in [-0.4, -0.2) is 86.9 Å². The van der Waals surface area contributed by atoms with E-state index in [2.05, 4.69) is 23.3 Å². The fourth-order valence-corrected chi connectivity index (χ4v) is 6.66. The van der Waals surface area contributed by atoms with Gasteiger partial charge in [-0.1, -0.05) is 11.3 Å². The number of aliphatic hydroxyl groups excluding tert-OH is 3. The molecule has 228 valence electrons. The molecule has 2 aromatic rings. The van der Waals surface area contributed by atoms with Crippen LogP contribution in [0.5, 0.6) is 0 Å². The van der Waals surface area contributed by atoms with Crippen molar-refractivity contribution in [2.45, 2.75) is 44.6 Å². The lowest BCUT2D eigenvalue weighted by atomic mass is 9.93. The summed E-state index contributed by atoms with van der Waals surface area (Å²) >= 11 is 0.739. The zero-order valence-electron chi connectivity index (χ0n) is 20.9. The summed E-state index contributed by atoms with van der Waals surface area (Å²) in [5.41, 5.74) is 3.97. The normalized spacial score (nSPS) is 17.3. The first-order chi connectivity index (χ1) is 18.2. The molecule has 19 nitrogen and oxygen atoms in total. The minimum atomic E-state index is -5.36. The number of rotatable bonds is 15. The number of hydrogen-bond acceptors (Lipinski definition) is 14. The number of phosphoric acid groups is 3. The second-order valence-corrected chi connectivity index (χ2v) is 13.5. The minimum absolute atomic E-state index is 0.0559. The maximum Gasteiger partial charge on any atom is 0.481 e. The highest BCUT2D eigenvalue weighted by molar-refractivity contribution is 7.60. The summed E-state index contributed by atoms with van der Waals surface area (Å²) in [4.78, 5) is 53.1. The van der Waals surface area contributed by atoms with E-state index in [1.165, 1.54) is 17.7 Å². The van der Waals surface area contributed by atoms with Crippen LogP contribution in [0.4, 0.5) is 5.82 Å². The first-order valence-corrected chi connectivity index (χ1v) is 16.3. The molecular weight excluding hydrogens is 625 g/mol. The van der Waals surface area contributed by atoms with Crippen LogP contribution in [0.1, 0.15) is 27.0 Å². The van der Waals surface area contributed by atoms with Gasteiger partial charge in [-0.25, -0.2) is 23.7 Å². The van der Waals surface area contributed by atoms with E-state index in [0.717, 1.165) is 11.3 Å². The van der Waals surface area contributed by atoms with Gasteiger partial charge in [0.1, 0.15) is 23.9 Å². The monoisotopic (exact) mass is 655 g/mol. The number of hydrogen-bond donors (Lipinski definition) is 10. The van der Waals surface area contributed by atoms with Gasteiger partial charge in [-0.05, 0) is 6.92 Å². The largest absolute Gasteiger partial charge is 0.481 e. The fourth-order valence-electron chi connectivity index (χ4n) is 3.38. The Hall–Kier alpha value is -1.28. The summed E-state index contributed by atoms with van der Waals surface area (Å²) in [5, 5.41) is 42.2. The Morgan fingerprint density at radius 2 is 1.73 bits per heavy atom. The first kappa shape index (κ1) is 34.9. The molecule has 4 atom stereocenters. The summed E-state index contributed by atoms with van der Waals surface area (Å²) in [5.74, 6) is 0.410. The molecule has 0 saturated carbocycles. The highest BCUT2D eigenvalue weighted by atomic mass is 32.1. The molecule has 0 aromatic carbocycles. The predicted molar refractivity (Wildman–Crippen MR) is 133 cm³/mol. The molecular formula is C17H30N4O15P3S+. The lowest BCUT2D eigenvalue weighted by Crippen LogP contribution is -2.56. The molecule has 1 unspecified atom stereocenters. The highest BCUT2D eigenvalue weighted by Gasteiger charge is 2.50. The van der Waals surface area contributed by atoms with Gasteiger partial charge in [-0.2, -0.15) is 8.88 Å². The molecule has 23 heteroatoms. The number of nitrogens with zero attached hydrogens (tertiary/aromatic N) is 3.